The maximum atomic E-state index is 14.5. The highest BCUT2D eigenvalue weighted by Gasteiger charge is 2.20. The molecule has 0 spiro atoms. The normalized spacial score (nSPS) is 17.2. The number of aromatic nitrogens is 2. The molecule has 2 heterocycles. The first kappa shape index (κ1) is 19.4. The van der Waals surface area contributed by atoms with Gasteiger partial charge in [0.25, 0.3) is 5.56 Å². The molecule has 0 bridgehead atoms. The van der Waals surface area contributed by atoms with E-state index < -0.39 is 17.2 Å². The molecule has 28 heavy (non-hydrogen) atoms. The Morgan fingerprint density at radius 1 is 1.21 bits per heavy atom. The molecular weight excluding hydrogens is 406 g/mol. The van der Waals surface area contributed by atoms with Crippen LogP contribution in [0.3, 0.4) is 0 Å². The van der Waals surface area contributed by atoms with E-state index >= 15 is 0 Å². The molecular formula is C20H17ClF2N2O2S. The third kappa shape index (κ3) is 3.92. The monoisotopic (exact) mass is 422 g/mol. The van der Waals surface area contributed by atoms with Gasteiger partial charge in [0.1, 0.15) is 11.6 Å². The van der Waals surface area contributed by atoms with Crippen molar-refractivity contribution >= 4 is 34.3 Å². The van der Waals surface area contributed by atoms with Gasteiger partial charge in [-0.1, -0.05) is 23.4 Å². The summed E-state index contributed by atoms with van der Waals surface area (Å²) in [5.74, 6) is -0.953. The summed E-state index contributed by atoms with van der Waals surface area (Å²) in [5.41, 5.74) is -0.0295. The van der Waals surface area contributed by atoms with Gasteiger partial charge in [-0.3, -0.25) is 9.36 Å². The second-order valence-electron chi connectivity index (χ2n) is 6.59. The third-order valence-electron chi connectivity index (χ3n) is 4.62. The van der Waals surface area contributed by atoms with Crippen LogP contribution in [0.4, 0.5) is 8.78 Å². The Labute approximate surface area is 169 Å². The zero-order valence-electron chi connectivity index (χ0n) is 14.8. The number of ether oxygens (including phenoxy) is 1. The van der Waals surface area contributed by atoms with Crippen molar-refractivity contribution in [1.29, 1.82) is 0 Å². The number of thioether (sulfide) groups is 1. The van der Waals surface area contributed by atoms with Gasteiger partial charge in [0, 0.05) is 23.4 Å². The Kier molecular flexibility index (Phi) is 5.66. The molecule has 0 saturated carbocycles. The molecule has 2 aromatic carbocycles. The molecule has 1 atom stereocenters. The molecule has 0 amide bonds. The first-order valence-electron chi connectivity index (χ1n) is 8.95. The van der Waals surface area contributed by atoms with Crippen LogP contribution in [-0.2, 0) is 4.74 Å². The Bertz CT molecular complexity index is 1080. The lowest BCUT2D eigenvalue weighted by molar-refractivity contribution is 0.0315. The number of fused-ring (bicyclic) bond motifs is 1. The maximum Gasteiger partial charge on any atom is 0.266 e. The van der Waals surface area contributed by atoms with Crippen LogP contribution in [0, 0.1) is 11.6 Å². The molecule has 1 aromatic heterocycles. The Hall–Kier alpha value is -1.96. The van der Waals surface area contributed by atoms with Gasteiger partial charge in [-0.25, -0.2) is 13.8 Å². The average molecular weight is 423 g/mol. The minimum absolute atomic E-state index is 0.0483. The molecule has 0 radical (unpaired) electrons. The maximum absolute atomic E-state index is 14.5. The van der Waals surface area contributed by atoms with Gasteiger partial charge in [0.05, 0.1) is 22.7 Å². The van der Waals surface area contributed by atoms with Crippen LogP contribution < -0.4 is 5.56 Å². The number of benzene rings is 2. The van der Waals surface area contributed by atoms with Crippen LogP contribution in [0.15, 0.2) is 46.3 Å². The minimum Gasteiger partial charge on any atom is -0.377 e. The lowest BCUT2D eigenvalue weighted by Crippen LogP contribution is -2.25. The Balaban J connectivity index is 1.83. The predicted octanol–water partition coefficient (Wildman–Crippen LogP) is 4.98. The number of nitrogens with zero attached hydrogens (tertiary/aromatic N) is 2. The van der Waals surface area contributed by atoms with E-state index in [4.69, 9.17) is 16.3 Å². The van der Waals surface area contributed by atoms with Crippen LogP contribution >= 0.6 is 23.4 Å². The first-order valence-corrected chi connectivity index (χ1v) is 10.3. The number of rotatable bonds is 4. The second-order valence-corrected chi connectivity index (χ2v) is 8.02. The Morgan fingerprint density at radius 3 is 2.82 bits per heavy atom. The van der Waals surface area contributed by atoms with E-state index in [1.807, 2.05) is 0 Å². The van der Waals surface area contributed by atoms with Crippen LogP contribution in [-0.4, -0.2) is 28.0 Å². The van der Waals surface area contributed by atoms with Crippen LogP contribution in [0.5, 0.6) is 0 Å². The largest absolute Gasteiger partial charge is 0.377 e. The highest BCUT2D eigenvalue weighted by Crippen LogP contribution is 2.27. The molecule has 1 saturated heterocycles. The zero-order chi connectivity index (χ0) is 19.7. The van der Waals surface area contributed by atoms with Crippen molar-refractivity contribution in [2.45, 2.75) is 30.5 Å². The van der Waals surface area contributed by atoms with Crippen LogP contribution in [0.25, 0.3) is 16.6 Å². The summed E-state index contributed by atoms with van der Waals surface area (Å²) in [5, 5.41) is 0.988. The molecule has 8 heteroatoms. The first-order chi connectivity index (χ1) is 13.5. The molecule has 1 aliphatic heterocycles. The standard InChI is InChI=1S/C20H17ClF2N2O2S/c21-12-4-6-17-15(9-12)19(26)25(18-7-5-13(22)10-16(18)23)20(24-17)28-11-14-3-1-2-8-27-14/h4-7,9-10,14H,1-3,8,11H2. The summed E-state index contributed by atoms with van der Waals surface area (Å²) in [6.07, 6.45) is 3.13. The van der Waals surface area contributed by atoms with E-state index in [1.165, 1.54) is 28.5 Å². The molecule has 0 N–H and O–H groups in total. The lowest BCUT2D eigenvalue weighted by Gasteiger charge is -2.22. The molecule has 1 fully saturated rings. The van der Waals surface area contributed by atoms with Gasteiger partial charge in [-0.05, 0) is 49.6 Å². The number of hydrogen-bond donors (Lipinski definition) is 0. The quantitative estimate of drug-likeness (QED) is 0.439. The van der Waals surface area contributed by atoms with E-state index in [0.29, 0.717) is 28.1 Å². The Morgan fingerprint density at radius 2 is 2.07 bits per heavy atom. The number of halogens is 3. The van der Waals surface area contributed by atoms with Gasteiger partial charge >= 0.3 is 0 Å². The van der Waals surface area contributed by atoms with Crippen LogP contribution in [0.2, 0.25) is 5.02 Å². The summed E-state index contributed by atoms with van der Waals surface area (Å²) < 4.78 is 34.8. The topological polar surface area (TPSA) is 44.1 Å². The van der Waals surface area contributed by atoms with Gasteiger partial charge in [0.2, 0.25) is 0 Å². The highest BCUT2D eigenvalue weighted by atomic mass is 35.5. The third-order valence-corrected chi connectivity index (χ3v) is 5.93. The van der Waals surface area contributed by atoms with Crippen molar-refractivity contribution in [3.05, 3.63) is 63.4 Å². The van der Waals surface area contributed by atoms with E-state index in [0.717, 1.165) is 31.4 Å². The lowest BCUT2D eigenvalue weighted by atomic mass is 10.1. The molecule has 1 aliphatic rings. The summed E-state index contributed by atoms with van der Waals surface area (Å²) in [6.45, 7) is 0.717. The fraction of sp³-hybridized carbons (Fsp3) is 0.300. The van der Waals surface area contributed by atoms with Gasteiger partial charge in [-0.2, -0.15) is 0 Å². The molecule has 146 valence electrons. The SMILES string of the molecule is O=c1c2cc(Cl)ccc2nc(SCC2CCCCO2)n1-c1ccc(F)cc1F. The minimum atomic E-state index is -0.832. The number of hydrogen-bond acceptors (Lipinski definition) is 4. The van der Waals surface area contributed by atoms with Crippen molar-refractivity contribution in [2.24, 2.45) is 0 Å². The fourth-order valence-corrected chi connectivity index (χ4v) is 4.46. The van der Waals surface area contributed by atoms with E-state index in [-0.39, 0.29) is 17.2 Å². The fourth-order valence-electron chi connectivity index (χ4n) is 3.22. The summed E-state index contributed by atoms with van der Waals surface area (Å²) in [7, 11) is 0. The van der Waals surface area contributed by atoms with Crippen molar-refractivity contribution in [3.63, 3.8) is 0 Å². The van der Waals surface area contributed by atoms with Crippen molar-refractivity contribution < 1.29 is 13.5 Å². The van der Waals surface area contributed by atoms with E-state index in [1.54, 1.807) is 12.1 Å². The highest BCUT2D eigenvalue weighted by molar-refractivity contribution is 7.99. The molecule has 4 nitrogen and oxygen atoms in total. The smallest absolute Gasteiger partial charge is 0.266 e. The summed E-state index contributed by atoms with van der Waals surface area (Å²) >= 11 is 7.35. The van der Waals surface area contributed by atoms with Gasteiger partial charge in [0.15, 0.2) is 5.16 Å². The molecule has 0 aliphatic carbocycles. The molecule has 4 rings (SSSR count). The van der Waals surface area contributed by atoms with Crippen molar-refractivity contribution in [3.8, 4) is 5.69 Å². The second kappa shape index (κ2) is 8.19. The molecule has 1 unspecified atom stereocenters. The summed E-state index contributed by atoms with van der Waals surface area (Å²) in [4.78, 5) is 17.7. The predicted molar refractivity (Wildman–Crippen MR) is 107 cm³/mol. The summed E-state index contributed by atoms with van der Waals surface area (Å²) in [6, 6.07) is 7.92. The van der Waals surface area contributed by atoms with Crippen LogP contribution in [0.1, 0.15) is 19.3 Å². The van der Waals surface area contributed by atoms with Crippen molar-refractivity contribution in [1.82, 2.24) is 9.55 Å². The van der Waals surface area contributed by atoms with Gasteiger partial charge < -0.3 is 4.74 Å². The van der Waals surface area contributed by atoms with Gasteiger partial charge in [-0.15, -0.1) is 0 Å². The van der Waals surface area contributed by atoms with E-state index in [2.05, 4.69) is 4.98 Å². The van der Waals surface area contributed by atoms with E-state index in [9.17, 15) is 13.6 Å². The average Bonchev–Trinajstić information content (AvgIpc) is 2.69. The van der Waals surface area contributed by atoms with Crippen molar-refractivity contribution in [2.75, 3.05) is 12.4 Å². The zero-order valence-corrected chi connectivity index (χ0v) is 16.4. The molecule has 3 aromatic rings.